The van der Waals surface area contributed by atoms with Crippen LogP contribution in [0.4, 0.5) is 13.2 Å². The van der Waals surface area contributed by atoms with Crippen LogP contribution in [-0.2, 0) is 32.5 Å². The molecule has 8 aromatic rings. The molecule has 10 heteroatoms. The Hall–Kier alpha value is -4.42. The Bertz CT molecular complexity index is 2390. The van der Waals surface area contributed by atoms with E-state index in [1.54, 1.807) is 0 Å². The maximum Gasteiger partial charge on any atom is 1.00 e. The molecule has 55 heavy (non-hydrogen) atoms. The molecule has 0 aliphatic rings. The summed E-state index contributed by atoms with van der Waals surface area (Å²) in [6.45, 7) is 0. The van der Waals surface area contributed by atoms with E-state index in [2.05, 4.69) is 194 Å². The van der Waals surface area contributed by atoms with Crippen LogP contribution in [-0.4, -0.2) is 18.5 Å². The van der Waals surface area contributed by atoms with Gasteiger partial charge in [-0.05, 0) is 80.3 Å². The van der Waals surface area contributed by atoms with Gasteiger partial charge in [0.25, 0.3) is 0 Å². The van der Waals surface area contributed by atoms with E-state index in [0.29, 0.717) is 0 Å². The first-order valence-corrected chi connectivity index (χ1v) is 21.1. The number of benzene rings is 8. The molecule has 0 aliphatic carbocycles. The van der Waals surface area contributed by atoms with E-state index in [4.69, 9.17) is 13.0 Å². The zero-order valence-corrected chi connectivity index (χ0v) is 33.0. The molecule has 0 heterocycles. The maximum atomic E-state index is 10.7. The SMILES string of the molecule is O=S(=O)([O-])C(F)(F)F.[Ag+].c1ccc(P(c2ccccc2)c2ccc3ccccc3c2-c2c(P(c3ccccc3)c3ccccc3)ccc3ccccc23)cc1. The van der Waals surface area contributed by atoms with Crippen molar-refractivity contribution >= 4 is 79.3 Å². The third kappa shape index (κ3) is 8.86. The van der Waals surface area contributed by atoms with E-state index >= 15 is 0 Å². The predicted octanol–water partition coefficient (Wildman–Crippen LogP) is 9.23. The van der Waals surface area contributed by atoms with Gasteiger partial charge in [-0.1, -0.05) is 194 Å². The molecule has 8 rings (SSSR count). The van der Waals surface area contributed by atoms with E-state index in [0.717, 1.165) is 0 Å². The number of alkyl halides is 3. The summed E-state index contributed by atoms with van der Waals surface area (Å²) in [5.41, 5.74) is -2.95. The quantitative estimate of drug-likeness (QED) is 0.0695. The number of fused-ring (bicyclic) bond motifs is 2. The molecule has 0 bridgehead atoms. The van der Waals surface area contributed by atoms with Crippen LogP contribution in [0.3, 0.4) is 0 Å². The van der Waals surface area contributed by atoms with Crippen molar-refractivity contribution < 1.29 is 48.5 Å². The van der Waals surface area contributed by atoms with Crippen LogP contribution >= 0.6 is 15.8 Å². The fraction of sp³-hybridized carbons (Fsp3) is 0.0222. The van der Waals surface area contributed by atoms with Gasteiger partial charge in [0.15, 0.2) is 10.1 Å². The van der Waals surface area contributed by atoms with Crippen molar-refractivity contribution in [2.75, 3.05) is 0 Å². The fourth-order valence-corrected chi connectivity index (χ4v) is 11.5. The van der Waals surface area contributed by atoms with Gasteiger partial charge >= 0.3 is 27.9 Å². The molecular weight excluding hydrogens is 847 g/mol. The van der Waals surface area contributed by atoms with Crippen LogP contribution in [0.1, 0.15) is 0 Å². The summed E-state index contributed by atoms with van der Waals surface area (Å²) in [6, 6.07) is 71.8. The van der Waals surface area contributed by atoms with E-state index < -0.39 is 31.5 Å². The molecule has 0 fully saturated rings. The minimum Gasteiger partial charge on any atom is -0.741 e. The molecule has 0 saturated heterocycles. The molecule has 0 amide bonds. The first-order chi connectivity index (χ1) is 26.1. The van der Waals surface area contributed by atoms with Gasteiger partial charge in [0, 0.05) is 0 Å². The van der Waals surface area contributed by atoms with Crippen molar-refractivity contribution in [2.45, 2.75) is 5.51 Å². The van der Waals surface area contributed by atoms with Gasteiger partial charge in [0.1, 0.15) is 0 Å². The average molecular weight is 880 g/mol. The zero-order valence-electron chi connectivity index (χ0n) is 28.9. The number of hydrogen-bond donors (Lipinski definition) is 0. The molecule has 0 aliphatic heterocycles. The van der Waals surface area contributed by atoms with E-state index in [1.807, 2.05) is 0 Å². The summed E-state index contributed by atoms with van der Waals surface area (Å²) in [5, 5.41) is 13.3. The largest absolute Gasteiger partial charge is 1.00 e. The van der Waals surface area contributed by atoms with Gasteiger partial charge in [-0.2, -0.15) is 13.2 Å². The van der Waals surface area contributed by atoms with Crippen molar-refractivity contribution in [1.29, 1.82) is 0 Å². The first kappa shape index (κ1) is 40.2. The number of rotatable bonds is 7. The van der Waals surface area contributed by atoms with Crippen molar-refractivity contribution in [2.24, 2.45) is 0 Å². The van der Waals surface area contributed by atoms with Gasteiger partial charge in [-0.3, -0.25) is 0 Å². The molecule has 8 aromatic carbocycles. The second kappa shape index (κ2) is 17.6. The summed E-state index contributed by atoms with van der Waals surface area (Å²) in [5.74, 6) is 0. The molecule has 3 nitrogen and oxygen atoms in total. The van der Waals surface area contributed by atoms with Crippen molar-refractivity contribution in [3.8, 4) is 11.1 Å². The van der Waals surface area contributed by atoms with Crippen LogP contribution in [0, 0.1) is 0 Å². The Labute approximate surface area is 336 Å². The summed E-state index contributed by atoms with van der Waals surface area (Å²) in [7, 11) is -7.79. The van der Waals surface area contributed by atoms with Crippen molar-refractivity contribution in [1.82, 2.24) is 0 Å². The van der Waals surface area contributed by atoms with Crippen LogP contribution < -0.4 is 31.8 Å². The van der Waals surface area contributed by atoms with E-state index in [-0.39, 0.29) is 22.4 Å². The third-order valence-electron chi connectivity index (χ3n) is 8.89. The Morgan fingerprint density at radius 1 is 0.400 bits per heavy atom. The van der Waals surface area contributed by atoms with Gasteiger partial charge in [-0.15, -0.1) is 0 Å². The topological polar surface area (TPSA) is 57.2 Å². The first-order valence-electron chi connectivity index (χ1n) is 17.0. The fourth-order valence-electron chi connectivity index (χ4n) is 6.58. The molecule has 0 spiro atoms. The zero-order chi connectivity index (χ0) is 37.7. The molecule has 0 N–H and O–H groups in total. The smallest absolute Gasteiger partial charge is 0.741 e. The molecule has 0 aromatic heterocycles. The van der Waals surface area contributed by atoms with Crippen LogP contribution in [0.2, 0.25) is 0 Å². The summed E-state index contributed by atoms with van der Waals surface area (Å²) < 4.78 is 58.9. The summed E-state index contributed by atoms with van der Waals surface area (Å²) in [4.78, 5) is 0. The van der Waals surface area contributed by atoms with Gasteiger partial charge < -0.3 is 4.55 Å². The second-order valence-corrected chi connectivity index (χ2v) is 18.0. The van der Waals surface area contributed by atoms with Gasteiger partial charge in [0.2, 0.25) is 0 Å². The average Bonchev–Trinajstić information content (AvgIpc) is 3.19. The van der Waals surface area contributed by atoms with E-state index in [9.17, 15) is 13.2 Å². The van der Waals surface area contributed by atoms with Gasteiger partial charge in [0.05, 0.1) is 0 Å². The molecular formula is C45H32AgF3O3P2S. The summed E-state index contributed by atoms with van der Waals surface area (Å²) >= 11 is 0. The molecule has 0 radical (unpaired) electrons. The Morgan fingerprint density at radius 2 is 0.655 bits per heavy atom. The van der Waals surface area contributed by atoms with E-state index in [1.165, 1.54) is 64.5 Å². The van der Waals surface area contributed by atoms with Crippen molar-refractivity contribution in [3.63, 3.8) is 0 Å². The monoisotopic (exact) mass is 878 g/mol. The molecule has 278 valence electrons. The molecule has 0 saturated carbocycles. The predicted molar refractivity (Wildman–Crippen MR) is 220 cm³/mol. The van der Waals surface area contributed by atoms with Crippen LogP contribution in [0.5, 0.6) is 0 Å². The second-order valence-electron chi connectivity index (χ2n) is 12.3. The minimum atomic E-state index is -6.09. The Kier molecular flexibility index (Phi) is 12.9. The number of halogens is 3. The standard InChI is InChI=1S/C44H32P2.CHF3O3S.Ag/c1-5-19-35(20-6-1)45(36-21-7-2-8-22-36)41-31-29-33-17-13-15-27-39(33)43(41)44-40-28-16-14-18-34(40)30-32-42(44)46(37-23-9-3-10-24-37)38-25-11-4-12-26-38;2-1(3,4)8(5,6)7;/h1-32H;(H,5,6,7);/q;;+1/p-1. The van der Waals surface area contributed by atoms with Crippen LogP contribution in [0.25, 0.3) is 32.7 Å². The molecule has 0 atom stereocenters. The number of hydrogen-bond acceptors (Lipinski definition) is 3. The van der Waals surface area contributed by atoms with Crippen LogP contribution in [0.15, 0.2) is 194 Å². The Morgan fingerprint density at radius 3 is 0.927 bits per heavy atom. The Balaban J connectivity index is 0.000000518. The normalized spacial score (nSPS) is 11.6. The van der Waals surface area contributed by atoms with Gasteiger partial charge in [-0.25, -0.2) is 8.42 Å². The van der Waals surface area contributed by atoms with Crippen molar-refractivity contribution in [3.05, 3.63) is 194 Å². The third-order valence-corrected chi connectivity index (χ3v) is 14.4. The maximum absolute atomic E-state index is 10.7. The minimum absolute atomic E-state index is 0. The summed E-state index contributed by atoms with van der Waals surface area (Å²) in [6.07, 6.45) is 0. The molecule has 0 unspecified atom stereocenters.